The van der Waals surface area contributed by atoms with Crippen molar-refractivity contribution in [3.05, 3.63) is 0 Å². The van der Waals surface area contributed by atoms with Crippen LogP contribution < -0.4 is 116 Å². The molecule has 0 rings (SSSR count). The zero-order valence-electron chi connectivity index (χ0n) is 4.04. The smallest absolute Gasteiger partial charge is 2.00 e. The molecule has 7 heavy (non-hydrogen) atoms. The van der Waals surface area contributed by atoms with Crippen LogP contribution in [0.25, 0.3) is 0 Å². The van der Waals surface area contributed by atoms with Gasteiger partial charge in [-0.15, -0.1) is 0 Å². The molecule has 0 bridgehead atoms. The molecule has 4 nitrogen and oxygen atoms in total. The van der Waals surface area contributed by atoms with Crippen LogP contribution in [0.3, 0.4) is 0 Å². The van der Waals surface area contributed by atoms with Crippen LogP contribution in [0.4, 0.5) is 0 Å². The fourth-order valence-electron chi connectivity index (χ4n) is 0. The SMILES string of the molecule is [Cr+6].[O-2].[O-2].[O-2].[O-2].[Rb+].[Rb+]. The molecule has 0 unspecified atom stereocenters. The van der Waals surface area contributed by atoms with Crippen LogP contribution in [0, 0.1) is 0 Å². The molecule has 0 N–H and O–H groups in total. The van der Waals surface area contributed by atoms with Gasteiger partial charge in [0.2, 0.25) is 0 Å². The van der Waals surface area contributed by atoms with E-state index in [4.69, 9.17) is 0 Å². The van der Waals surface area contributed by atoms with Gasteiger partial charge < -0.3 is 21.9 Å². The Morgan fingerprint density at radius 2 is 0.429 bits per heavy atom. The van der Waals surface area contributed by atoms with Gasteiger partial charge in [0.15, 0.2) is 0 Å². The van der Waals surface area contributed by atoms with Crippen molar-refractivity contribution in [3.63, 3.8) is 0 Å². The van der Waals surface area contributed by atoms with E-state index in [1.807, 2.05) is 0 Å². The molecule has 0 aromatic carbocycles. The van der Waals surface area contributed by atoms with Crippen LogP contribution in [0.2, 0.25) is 0 Å². The first-order valence-corrected chi connectivity index (χ1v) is 0. The van der Waals surface area contributed by atoms with Crippen molar-refractivity contribution in [2.75, 3.05) is 0 Å². The van der Waals surface area contributed by atoms with Crippen LogP contribution in [-0.2, 0) is 39.3 Å². The minimum atomic E-state index is 0. The zero-order valence-corrected chi connectivity index (χ0v) is 15.1. The van der Waals surface area contributed by atoms with E-state index in [1.54, 1.807) is 0 Å². The van der Waals surface area contributed by atoms with Crippen molar-refractivity contribution in [2.45, 2.75) is 0 Å². The maximum absolute atomic E-state index is 0. The molecule has 7 heteroatoms. The molecular formula is CrO4Rb2. The first kappa shape index (κ1) is 69.0. The Labute approximate surface area is 151 Å². The summed E-state index contributed by atoms with van der Waals surface area (Å²) in [6, 6.07) is 0. The summed E-state index contributed by atoms with van der Waals surface area (Å²) >= 11 is 0. The Kier molecular flexibility index (Phi) is 501. The predicted octanol–water partition coefficient (Wildman–Crippen LogP) is -6.47. The molecule has 0 fully saturated rings. The zero-order chi connectivity index (χ0) is 0. The maximum Gasteiger partial charge on any atom is 6.00 e. The van der Waals surface area contributed by atoms with E-state index in [9.17, 15) is 0 Å². The van der Waals surface area contributed by atoms with Crippen molar-refractivity contribution >= 4 is 0 Å². The second-order valence-corrected chi connectivity index (χ2v) is 0. The van der Waals surface area contributed by atoms with Gasteiger partial charge in [0.05, 0.1) is 0 Å². The summed E-state index contributed by atoms with van der Waals surface area (Å²) in [4.78, 5) is 0. The summed E-state index contributed by atoms with van der Waals surface area (Å²) < 4.78 is 0. The quantitative estimate of drug-likeness (QED) is 0.421. The Morgan fingerprint density at radius 3 is 0.429 bits per heavy atom. The molecule has 0 saturated carbocycles. The Hall–Kier alpha value is 3.98. The minimum absolute atomic E-state index is 0. The van der Waals surface area contributed by atoms with Crippen molar-refractivity contribution in [3.8, 4) is 0 Å². The van der Waals surface area contributed by atoms with Crippen molar-refractivity contribution < 1.29 is 156 Å². The third kappa shape index (κ3) is 40.1. The Morgan fingerprint density at radius 1 is 0.429 bits per heavy atom. The van der Waals surface area contributed by atoms with E-state index in [1.165, 1.54) is 0 Å². The van der Waals surface area contributed by atoms with Gasteiger partial charge in [-0.3, -0.25) is 0 Å². The van der Waals surface area contributed by atoms with Crippen molar-refractivity contribution in [1.82, 2.24) is 0 Å². The number of hydrogen-bond acceptors (Lipinski definition) is 0. The molecule has 0 aliphatic carbocycles. The van der Waals surface area contributed by atoms with Crippen molar-refractivity contribution in [1.29, 1.82) is 0 Å². The van der Waals surface area contributed by atoms with Gasteiger partial charge in [0, 0.05) is 0 Å². The fourth-order valence-corrected chi connectivity index (χ4v) is 0. The summed E-state index contributed by atoms with van der Waals surface area (Å²) in [6.45, 7) is 0. The number of rotatable bonds is 0. The van der Waals surface area contributed by atoms with E-state index in [0.29, 0.717) is 0 Å². The molecule has 0 aliphatic heterocycles. The van der Waals surface area contributed by atoms with E-state index < -0.39 is 0 Å². The van der Waals surface area contributed by atoms with Gasteiger partial charge in [-0.1, -0.05) is 0 Å². The molecule has 0 amide bonds. The third-order valence-corrected chi connectivity index (χ3v) is 0. The summed E-state index contributed by atoms with van der Waals surface area (Å²) in [5.74, 6) is 0. The first-order chi connectivity index (χ1) is 0. The minimum Gasteiger partial charge on any atom is -2.00 e. The normalized spacial score (nSPS) is 0. The van der Waals surface area contributed by atoms with E-state index >= 15 is 0 Å². The molecule has 0 aromatic heterocycles. The second kappa shape index (κ2) is 50.8. The molecule has 0 saturated heterocycles. The van der Waals surface area contributed by atoms with Gasteiger partial charge in [-0.2, -0.15) is 0 Å². The second-order valence-electron chi connectivity index (χ2n) is 0. The first-order valence-electron chi connectivity index (χ1n) is 0. The van der Waals surface area contributed by atoms with Crippen molar-refractivity contribution in [2.24, 2.45) is 0 Å². The maximum atomic E-state index is 0. The Bertz CT molecular complexity index is 9.65. The van der Waals surface area contributed by atoms with Crippen LogP contribution >= 0.6 is 0 Å². The van der Waals surface area contributed by atoms with Gasteiger partial charge in [0.1, 0.15) is 0 Å². The van der Waals surface area contributed by atoms with Crippen LogP contribution in [0.5, 0.6) is 0 Å². The van der Waals surface area contributed by atoms with Crippen LogP contribution in [-0.4, -0.2) is 0 Å². The molecular weight excluding hydrogens is 287 g/mol. The van der Waals surface area contributed by atoms with E-state index in [2.05, 4.69) is 0 Å². The van der Waals surface area contributed by atoms with E-state index in [-0.39, 0.29) is 156 Å². The average molecular weight is 287 g/mol. The molecule has 0 atom stereocenters. The Balaban J connectivity index is 0. The molecule has 0 spiro atoms. The monoisotopic (exact) mass is 286 g/mol. The summed E-state index contributed by atoms with van der Waals surface area (Å²) in [7, 11) is 0. The molecule has 0 aromatic rings. The van der Waals surface area contributed by atoms with Crippen LogP contribution in [0.15, 0.2) is 0 Å². The average Bonchev–Trinajstić information content (AvgIpc) is 0. The molecule has 32 valence electrons. The topological polar surface area (TPSA) is 114 Å². The largest absolute Gasteiger partial charge is 6.00 e. The van der Waals surface area contributed by atoms with Gasteiger partial charge in [-0.25, -0.2) is 0 Å². The summed E-state index contributed by atoms with van der Waals surface area (Å²) in [6.07, 6.45) is 0. The van der Waals surface area contributed by atoms with E-state index in [0.717, 1.165) is 0 Å². The summed E-state index contributed by atoms with van der Waals surface area (Å²) in [5.41, 5.74) is 0. The van der Waals surface area contributed by atoms with Crippen LogP contribution in [0.1, 0.15) is 0 Å². The summed E-state index contributed by atoms with van der Waals surface area (Å²) in [5, 5.41) is 0. The molecule has 0 aliphatic rings. The predicted molar refractivity (Wildman–Crippen MR) is 2.75 cm³/mol. The van der Waals surface area contributed by atoms with Gasteiger partial charge in [0.25, 0.3) is 0 Å². The third-order valence-electron chi connectivity index (χ3n) is 0. The fraction of sp³-hybridized carbons (Fsp3) is 0. The standard InChI is InChI=1S/Cr.4O.2Rb/q+6;4*-2;2*+1. The van der Waals surface area contributed by atoms with Gasteiger partial charge >= 0.3 is 134 Å². The molecule has 0 heterocycles. The van der Waals surface area contributed by atoms with Gasteiger partial charge in [-0.05, 0) is 0 Å². The molecule has 0 radical (unpaired) electrons. The number of hydrogen-bond donors (Lipinski definition) is 0.